The third-order valence-corrected chi connectivity index (χ3v) is 3.96. The lowest BCUT2D eigenvalue weighted by Crippen LogP contribution is -2.48. The average Bonchev–Trinajstić information content (AvgIpc) is 2.51. The van der Waals surface area contributed by atoms with E-state index in [-0.39, 0.29) is 12.0 Å². The highest BCUT2D eigenvalue weighted by atomic mass is 16.4. The van der Waals surface area contributed by atoms with Crippen LogP contribution in [0.25, 0.3) is 0 Å². The summed E-state index contributed by atoms with van der Waals surface area (Å²) in [6.45, 7) is 2.80. The van der Waals surface area contributed by atoms with Gasteiger partial charge in [-0.05, 0) is 25.7 Å². The van der Waals surface area contributed by atoms with Gasteiger partial charge in [0.05, 0.1) is 6.10 Å². The number of nitrogens with zero attached hydrogens (tertiary/aromatic N) is 2. The van der Waals surface area contributed by atoms with Crippen LogP contribution in [-0.4, -0.2) is 45.8 Å². The Labute approximate surface area is 95.9 Å². The lowest BCUT2D eigenvalue weighted by molar-refractivity contribution is 0.0320. The SMILES string of the molecule is CC(CN1C2CCC1CC(O)C2)C(N)=NO. The molecule has 2 aliphatic heterocycles. The Kier molecular flexibility index (Phi) is 3.35. The quantitative estimate of drug-likeness (QED) is 0.281. The Morgan fingerprint density at radius 2 is 2.00 bits per heavy atom. The first-order valence-corrected chi connectivity index (χ1v) is 6.03. The molecule has 0 spiro atoms. The van der Waals surface area contributed by atoms with Gasteiger partial charge in [-0.15, -0.1) is 0 Å². The maximum Gasteiger partial charge on any atom is 0.143 e. The molecule has 3 atom stereocenters. The van der Waals surface area contributed by atoms with Gasteiger partial charge in [0.15, 0.2) is 0 Å². The number of rotatable bonds is 3. The molecule has 2 aliphatic rings. The molecule has 0 aromatic rings. The van der Waals surface area contributed by atoms with Gasteiger partial charge in [0.1, 0.15) is 5.84 Å². The van der Waals surface area contributed by atoms with Crippen LogP contribution in [-0.2, 0) is 0 Å². The summed E-state index contributed by atoms with van der Waals surface area (Å²) in [5.74, 6) is 0.369. The summed E-state index contributed by atoms with van der Waals surface area (Å²) < 4.78 is 0. The molecule has 0 aromatic carbocycles. The van der Waals surface area contributed by atoms with E-state index in [2.05, 4.69) is 10.1 Å². The van der Waals surface area contributed by atoms with E-state index in [0.717, 1.165) is 19.4 Å². The van der Waals surface area contributed by atoms with Crippen LogP contribution in [0.5, 0.6) is 0 Å². The number of aliphatic hydroxyl groups excluding tert-OH is 1. The van der Waals surface area contributed by atoms with Gasteiger partial charge in [-0.25, -0.2) is 0 Å². The minimum atomic E-state index is -0.132. The Balaban J connectivity index is 1.96. The molecule has 4 N–H and O–H groups in total. The molecule has 16 heavy (non-hydrogen) atoms. The second-order valence-corrected chi connectivity index (χ2v) is 5.13. The molecule has 0 aliphatic carbocycles. The third kappa shape index (κ3) is 2.15. The van der Waals surface area contributed by atoms with Crippen molar-refractivity contribution in [3.8, 4) is 0 Å². The highest BCUT2D eigenvalue weighted by molar-refractivity contribution is 5.82. The Bertz CT molecular complexity index is 268. The minimum absolute atomic E-state index is 0.0725. The van der Waals surface area contributed by atoms with Crippen LogP contribution < -0.4 is 5.73 Å². The maximum atomic E-state index is 9.68. The van der Waals surface area contributed by atoms with Crippen LogP contribution in [0.2, 0.25) is 0 Å². The van der Waals surface area contributed by atoms with E-state index < -0.39 is 0 Å². The van der Waals surface area contributed by atoms with Gasteiger partial charge in [0, 0.05) is 24.5 Å². The third-order valence-electron chi connectivity index (χ3n) is 3.96. The smallest absolute Gasteiger partial charge is 0.143 e. The fourth-order valence-corrected chi connectivity index (χ4v) is 3.05. The molecule has 0 radical (unpaired) electrons. The highest BCUT2D eigenvalue weighted by Gasteiger charge is 2.40. The van der Waals surface area contributed by atoms with E-state index in [4.69, 9.17) is 10.9 Å². The van der Waals surface area contributed by atoms with Crippen LogP contribution in [0, 0.1) is 5.92 Å². The summed E-state index contributed by atoms with van der Waals surface area (Å²) in [6, 6.07) is 0.977. The number of fused-ring (bicyclic) bond motifs is 2. The average molecular weight is 227 g/mol. The first-order chi connectivity index (χ1) is 7.61. The largest absolute Gasteiger partial charge is 0.409 e. The van der Waals surface area contributed by atoms with Gasteiger partial charge in [-0.3, -0.25) is 4.90 Å². The standard InChI is InChI=1S/C11H21N3O2/c1-7(11(12)13-16)6-14-8-2-3-9(14)5-10(15)4-8/h7-10,15-16H,2-6H2,1H3,(H2,12,13). The molecule has 0 saturated carbocycles. The number of oxime groups is 1. The van der Waals surface area contributed by atoms with E-state index in [1.165, 1.54) is 12.8 Å². The molecule has 5 heteroatoms. The van der Waals surface area contributed by atoms with Crippen molar-refractivity contribution in [3.63, 3.8) is 0 Å². The number of aliphatic hydroxyl groups is 1. The zero-order valence-electron chi connectivity index (χ0n) is 9.71. The predicted octanol–water partition coefficient (Wildman–Crippen LogP) is 0.357. The number of hydrogen-bond acceptors (Lipinski definition) is 4. The summed E-state index contributed by atoms with van der Waals surface area (Å²) in [4.78, 5) is 2.43. The van der Waals surface area contributed by atoms with Crippen molar-refractivity contribution in [1.82, 2.24) is 4.90 Å². The molecule has 2 heterocycles. The zero-order chi connectivity index (χ0) is 11.7. The van der Waals surface area contributed by atoms with Crippen LogP contribution in [0.4, 0.5) is 0 Å². The van der Waals surface area contributed by atoms with Crippen LogP contribution in [0.3, 0.4) is 0 Å². The molecule has 5 nitrogen and oxygen atoms in total. The Hall–Kier alpha value is -0.810. The molecule has 2 bridgehead atoms. The van der Waals surface area contributed by atoms with Gasteiger partial charge in [0.25, 0.3) is 0 Å². The van der Waals surface area contributed by atoms with Crippen molar-refractivity contribution in [1.29, 1.82) is 0 Å². The monoisotopic (exact) mass is 227 g/mol. The van der Waals surface area contributed by atoms with Crippen molar-refractivity contribution in [2.75, 3.05) is 6.54 Å². The first-order valence-electron chi connectivity index (χ1n) is 6.03. The molecule has 3 unspecified atom stereocenters. The second kappa shape index (κ2) is 4.59. The molecule has 92 valence electrons. The summed E-state index contributed by atoms with van der Waals surface area (Å²) in [5, 5.41) is 21.4. The summed E-state index contributed by atoms with van der Waals surface area (Å²) >= 11 is 0. The second-order valence-electron chi connectivity index (χ2n) is 5.13. The highest BCUT2D eigenvalue weighted by Crippen LogP contribution is 2.36. The number of hydrogen-bond donors (Lipinski definition) is 3. The molecular formula is C11H21N3O2. The van der Waals surface area contributed by atoms with Gasteiger partial charge in [-0.2, -0.15) is 0 Å². The van der Waals surface area contributed by atoms with Gasteiger partial charge >= 0.3 is 0 Å². The molecule has 2 fully saturated rings. The lowest BCUT2D eigenvalue weighted by Gasteiger charge is -2.38. The molecule has 0 aromatic heterocycles. The van der Waals surface area contributed by atoms with Crippen LogP contribution in [0.15, 0.2) is 5.16 Å². The first kappa shape index (κ1) is 11.7. The Morgan fingerprint density at radius 1 is 1.44 bits per heavy atom. The van der Waals surface area contributed by atoms with Gasteiger partial charge in [-0.1, -0.05) is 12.1 Å². The van der Waals surface area contributed by atoms with E-state index in [0.29, 0.717) is 17.9 Å². The summed E-state index contributed by atoms with van der Waals surface area (Å²) in [5.41, 5.74) is 5.60. The molecule has 2 saturated heterocycles. The lowest BCUT2D eigenvalue weighted by atomic mass is 9.98. The fourth-order valence-electron chi connectivity index (χ4n) is 3.05. The number of amidine groups is 1. The van der Waals surface area contributed by atoms with Gasteiger partial charge < -0.3 is 16.0 Å². The van der Waals surface area contributed by atoms with Gasteiger partial charge in [0.2, 0.25) is 0 Å². The predicted molar refractivity (Wildman–Crippen MR) is 61.3 cm³/mol. The van der Waals surface area contributed by atoms with E-state index >= 15 is 0 Å². The molecular weight excluding hydrogens is 206 g/mol. The van der Waals surface area contributed by atoms with Crippen molar-refractivity contribution in [2.45, 2.75) is 50.8 Å². The summed E-state index contributed by atoms with van der Waals surface area (Å²) in [6.07, 6.45) is 3.96. The summed E-state index contributed by atoms with van der Waals surface area (Å²) in [7, 11) is 0. The molecule has 2 rings (SSSR count). The van der Waals surface area contributed by atoms with Crippen molar-refractivity contribution in [2.24, 2.45) is 16.8 Å². The van der Waals surface area contributed by atoms with E-state index in [1.54, 1.807) is 0 Å². The van der Waals surface area contributed by atoms with E-state index in [1.807, 2.05) is 6.92 Å². The van der Waals surface area contributed by atoms with Crippen molar-refractivity contribution >= 4 is 5.84 Å². The van der Waals surface area contributed by atoms with E-state index in [9.17, 15) is 5.11 Å². The minimum Gasteiger partial charge on any atom is -0.409 e. The maximum absolute atomic E-state index is 9.68. The van der Waals surface area contributed by atoms with Crippen LogP contribution >= 0.6 is 0 Å². The van der Waals surface area contributed by atoms with Crippen LogP contribution in [0.1, 0.15) is 32.6 Å². The Morgan fingerprint density at radius 3 is 2.50 bits per heavy atom. The number of nitrogens with two attached hydrogens (primary N) is 1. The molecule has 0 amide bonds. The normalized spacial score (nSPS) is 37.6. The number of piperidine rings is 1. The topological polar surface area (TPSA) is 82.1 Å². The zero-order valence-corrected chi connectivity index (χ0v) is 9.71. The van der Waals surface area contributed by atoms with Crippen molar-refractivity contribution in [3.05, 3.63) is 0 Å². The fraction of sp³-hybridized carbons (Fsp3) is 0.909. The van der Waals surface area contributed by atoms with Crippen molar-refractivity contribution < 1.29 is 10.3 Å².